The number of fused-ring (bicyclic) bond motifs is 1. The Hall–Kier alpha value is -3.21. The van der Waals surface area contributed by atoms with Crippen LogP contribution >= 0.6 is 0 Å². The average Bonchev–Trinajstić information content (AvgIpc) is 2.71. The van der Waals surface area contributed by atoms with E-state index in [-0.39, 0.29) is 11.9 Å². The van der Waals surface area contributed by atoms with Gasteiger partial charge in [-0.25, -0.2) is 4.79 Å². The molecule has 5 heteroatoms. The van der Waals surface area contributed by atoms with Crippen molar-refractivity contribution in [3.63, 3.8) is 0 Å². The highest BCUT2D eigenvalue weighted by molar-refractivity contribution is 6.07. The molecule has 27 heavy (non-hydrogen) atoms. The summed E-state index contributed by atoms with van der Waals surface area (Å²) in [5.74, 6) is -0.505. The Labute approximate surface area is 158 Å². The molecule has 0 aliphatic heterocycles. The summed E-state index contributed by atoms with van der Waals surface area (Å²) in [6, 6.07) is 14.7. The summed E-state index contributed by atoms with van der Waals surface area (Å²) in [5, 5.41) is 3.83. The van der Waals surface area contributed by atoms with E-state index in [1.807, 2.05) is 50.2 Å². The summed E-state index contributed by atoms with van der Waals surface area (Å²) in [6.45, 7) is 4.35. The number of hydrogen-bond acceptors (Lipinski definition) is 4. The van der Waals surface area contributed by atoms with Gasteiger partial charge in [-0.15, -0.1) is 0 Å². The number of pyridine rings is 1. The van der Waals surface area contributed by atoms with Gasteiger partial charge in [0, 0.05) is 17.6 Å². The first kappa shape index (κ1) is 18.6. The molecule has 1 amide bonds. The number of rotatable bonds is 5. The zero-order valence-corrected chi connectivity index (χ0v) is 15.7. The van der Waals surface area contributed by atoms with Gasteiger partial charge in [-0.3, -0.25) is 9.78 Å². The molecule has 3 aromatic rings. The summed E-state index contributed by atoms with van der Waals surface area (Å²) in [4.78, 5) is 29.1. The van der Waals surface area contributed by atoms with Crippen LogP contribution in [-0.4, -0.2) is 24.0 Å². The third kappa shape index (κ3) is 3.82. The van der Waals surface area contributed by atoms with E-state index in [1.54, 1.807) is 12.1 Å². The molecule has 0 saturated carbocycles. The smallest absolute Gasteiger partial charge is 0.337 e. The molecular weight excluding hydrogens is 340 g/mol. The van der Waals surface area contributed by atoms with Gasteiger partial charge in [0.05, 0.1) is 23.8 Å². The maximum Gasteiger partial charge on any atom is 0.337 e. The molecule has 3 rings (SSSR count). The fourth-order valence-electron chi connectivity index (χ4n) is 3.14. The maximum absolute atomic E-state index is 12.9. The second-order valence-electron chi connectivity index (χ2n) is 6.30. The molecule has 0 saturated heterocycles. The number of para-hydroxylation sites is 1. The van der Waals surface area contributed by atoms with Crippen molar-refractivity contribution in [3.8, 4) is 0 Å². The Morgan fingerprint density at radius 2 is 1.78 bits per heavy atom. The third-order valence-electron chi connectivity index (χ3n) is 4.63. The molecular formula is C22H22N2O3. The van der Waals surface area contributed by atoms with Crippen LogP contribution < -0.4 is 5.32 Å². The minimum Gasteiger partial charge on any atom is -0.465 e. The highest BCUT2D eigenvalue weighted by Crippen LogP contribution is 2.23. The molecule has 5 nitrogen and oxygen atoms in total. The normalized spacial score (nSPS) is 10.6. The molecule has 2 aromatic carbocycles. The largest absolute Gasteiger partial charge is 0.465 e. The lowest BCUT2D eigenvalue weighted by molar-refractivity contribution is 0.0600. The van der Waals surface area contributed by atoms with Crippen LogP contribution in [0.2, 0.25) is 0 Å². The SMILES string of the molecule is CCc1nc2ccccc2c(C(=O)NCc2ccc(C(=O)OC)cc2)c1C. The number of hydrogen-bond donors (Lipinski definition) is 1. The second-order valence-corrected chi connectivity index (χ2v) is 6.30. The van der Waals surface area contributed by atoms with Gasteiger partial charge in [0.2, 0.25) is 0 Å². The Balaban J connectivity index is 1.84. The predicted octanol–water partition coefficient (Wildman–Crippen LogP) is 3.82. The van der Waals surface area contributed by atoms with Gasteiger partial charge in [-0.1, -0.05) is 37.3 Å². The second kappa shape index (κ2) is 7.99. The molecule has 1 N–H and O–H groups in total. The summed E-state index contributed by atoms with van der Waals surface area (Å²) < 4.78 is 4.69. The quantitative estimate of drug-likeness (QED) is 0.701. The van der Waals surface area contributed by atoms with Gasteiger partial charge >= 0.3 is 5.97 Å². The van der Waals surface area contributed by atoms with Gasteiger partial charge in [0.25, 0.3) is 5.91 Å². The molecule has 0 aliphatic carbocycles. The third-order valence-corrected chi connectivity index (χ3v) is 4.63. The van der Waals surface area contributed by atoms with E-state index in [9.17, 15) is 9.59 Å². The van der Waals surface area contributed by atoms with Crippen molar-refractivity contribution in [2.24, 2.45) is 0 Å². The maximum atomic E-state index is 12.9. The van der Waals surface area contributed by atoms with E-state index < -0.39 is 0 Å². The zero-order chi connectivity index (χ0) is 19.4. The van der Waals surface area contributed by atoms with Crippen molar-refractivity contribution in [1.82, 2.24) is 10.3 Å². The Kier molecular flexibility index (Phi) is 5.50. The molecule has 0 unspecified atom stereocenters. The van der Waals surface area contributed by atoms with Crippen molar-refractivity contribution in [2.45, 2.75) is 26.8 Å². The van der Waals surface area contributed by atoms with Gasteiger partial charge in [-0.05, 0) is 42.7 Å². The number of nitrogens with one attached hydrogen (secondary N) is 1. The number of aryl methyl sites for hydroxylation is 1. The summed E-state index contributed by atoms with van der Waals surface area (Å²) in [6.07, 6.45) is 0.770. The summed E-state index contributed by atoms with van der Waals surface area (Å²) >= 11 is 0. The Morgan fingerprint density at radius 1 is 1.07 bits per heavy atom. The van der Waals surface area contributed by atoms with Gasteiger partial charge in [-0.2, -0.15) is 0 Å². The molecule has 0 bridgehead atoms. The number of methoxy groups -OCH3 is 1. The first-order valence-corrected chi connectivity index (χ1v) is 8.88. The number of nitrogens with zero attached hydrogens (tertiary/aromatic N) is 1. The first-order valence-electron chi connectivity index (χ1n) is 8.88. The average molecular weight is 362 g/mol. The van der Waals surface area contributed by atoms with Crippen molar-refractivity contribution in [2.75, 3.05) is 7.11 Å². The molecule has 0 radical (unpaired) electrons. The van der Waals surface area contributed by atoms with Crippen LogP contribution in [0.25, 0.3) is 10.9 Å². The molecule has 1 heterocycles. The predicted molar refractivity (Wildman–Crippen MR) is 105 cm³/mol. The number of carbonyl (C=O) groups is 2. The van der Waals surface area contributed by atoms with Crippen molar-refractivity contribution in [1.29, 1.82) is 0 Å². The summed E-state index contributed by atoms with van der Waals surface area (Å²) in [7, 11) is 1.35. The van der Waals surface area contributed by atoms with E-state index in [4.69, 9.17) is 4.74 Å². The monoisotopic (exact) mass is 362 g/mol. The van der Waals surface area contributed by atoms with E-state index in [0.717, 1.165) is 34.1 Å². The van der Waals surface area contributed by atoms with Crippen LogP contribution in [0.4, 0.5) is 0 Å². The van der Waals surface area contributed by atoms with Crippen LogP contribution in [0.5, 0.6) is 0 Å². The molecule has 0 fully saturated rings. The molecule has 1 aromatic heterocycles. The van der Waals surface area contributed by atoms with Crippen LogP contribution in [0.1, 0.15) is 44.5 Å². The topological polar surface area (TPSA) is 68.3 Å². The van der Waals surface area contributed by atoms with E-state index in [2.05, 4.69) is 10.3 Å². The van der Waals surface area contributed by atoms with E-state index in [1.165, 1.54) is 7.11 Å². The van der Waals surface area contributed by atoms with Crippen LogP contribution in [-0.2, 0) is 17.7 Å². The standard InChI is InChI=1S/C22H22N2O3/c1-4-18-14(2)20(17-7-5-6-8-19(17)24-18)21(25)23-13-15-9-11-16(12-10-15)22(26)27-3/h5-12H,4,13H2,1-3H3,(H,23,25). The van der Waals surface area contributed by atoms with Gasteiger partial charge in [0.15, 0.2) is 0 Å². The van der Waals surface area contributed by atoms with Crippen molar-refractivity contribution >= 4 is 22.8 Å². The lowest BCUT2D eigenvalue weighted by Gasteiger charge is -2.14. The molecule has 0 atom stereocenters. The number of aromatic nitrogens is 1. The summed E-state index contributed by atoms with van der Waals surface area (Å²) in [5.41, 5.74) is 4.73. The van der Waals surface area contributed by atoms with Crippen LogP contribution in [0.15, 0.2) is 48.5 Å². The lowest BCUT2D eigenvalue weighted by atomic mass is 9.99. The Bertz CT molecular complexity index is 994. The van der Waals surface area contributed by atoms with E-state index in [0.29, 0.717) is 17.7 Å². The molecule has 138 valence electrons. The minimum atomic E-state index is -0.378. The van der Waals surface area contributed by atoms with Gasteiger partial charge in [0.1, 0.15) is 0 Å². The van der Waals surface area contributed by atoms with Crippen LogP contribution in [0, 0.1) is 6.92 Å². The lowest BCUT2D eigenvalue weighted by Crippen LogP contribution is -2.24. The highest BCUT2D eigenvalue weighted by Gasteiger charge is 2.17. The number of ether oxygens (including phenoxy) is 1. The highest BCUT2D eigenvalue weighted by atomic mass is 16.5. The number of esters is 1. The Morgan fingerprint density at radius 3 is 2.44 bits per heavy atom. The number of benzene rings is 2. The van der Waals surface area contributed by atoms with Gasteiger partial charge < -0.3 is 10.1 Å². The molecule has 0 spiro atoms. The van der Waals surface area contributed by atoms with Crippen molar-refractivity contribution in [3.05, 3.63) is 76.5 Å². The first-order chi connectivity index (χ1) is 13.0. The zero-order valence-electron chi connectivity index (χ0n) is 15.7. The fourth-order valence-corrected chi connectivity index (χ4v) is 3.14. The van der Waals surface area contributed by atoms with Crippen LogP contribution in [0.3, 0.4) is 0 Å². The number of carbonyl (C=O) groups excluding carboxylic acids is 2. The minimum absolute atomic E-state index is 0.127. The van der Waals surface area contributed by atoms with Crippen molar-refractivity contribution < 1.29 is 14.3 Å². The van der Waals surface area contributed by atoms with E-state index >= 15 is 0 Å². The molecule has 0 aliphatic rings. The number of amides is 1. The fraction of sp³-hybridized carbons (Fsp3) is 0.227.